The Balaban J connectivity index is 1.03. The fourth-order valence-electron chi connectivity index (χ4n) is 8.21. The van der Waals surface area contributed by atoms with Gasteiger partial charge in [0.2, 0.25) is 0 Å². The third kappa shape index (κ3) is 6.06. The van der Waals surface area contributed by atoms with Gasteiger partial charge in [0.1, 0.15) is 0 Å². The molecule has 4 aromatic heterocycles. The summed E-state index contributed by atoms with van der Waals surface area (Å²) in [6, 6.07) is 65.6. The second-order valence-corrected chi connectivity index (χ2v) is 15.3. The van der Waals surface area contributed by atoms with Gasteiger partial charge < -0.3 is 0 Å². The number of para-hydroxylation sites is 4. The van der Waals surface area contributed by atoms with Crippen molar-refractivity contribution in [2.24, 2.45) is 0 Å². The quantitative estimate of drug-likeness (QED) is 0.153. The van der Waals surface area contributed by atoms with Gasteiger partial charge in [0.25, 0.3) is 0 Å². The summed E-state index contributed by atoms with van der Waals surface area (Å²) in [7, 11) is 0. The molecule has 7 nitrogen and oxygen atoms in total. The van der Waals surface area contributed by atoms with Gasteiger partial charge in [-0.25, -0.2) is 4.68 Å². The van der Waals surface area contributed by atoms with E-state index in [9.17, 15) is 0 Å². The van der Waals surface area contributed by atoms with Crippen LogP contribution in [0.1, 0.15) is 0 Å². The number of imidazole rings is 1. The van der Waals surface area contributed by atoms with Crippen LogP contribution in [0, 0.1) is 3.80 Å². The summed E-state index contributed by atoms with van der Waals surface area (Å²) in [5, 5.41) is 6.65. The van der Waals surface area contributed by atoms with Crippen LogP contribution < -0.4 is 4.74 Å². The van der Waals surface area contributed by atoms with Crippen LogP contribution in [0.2, 0.25) is 0 Å². The van der Waals surface area contributed by atoms with Crippen LogP contribution in [0.4, 0.5) is 0 Å². The molecule has 0 unspecified atom stereocenters. The summed E-state index contributed by atoms with van der Waals surface area (Å²) >= 11 is 2.49. The molecular weight excluding hydrogens is 908 g/mol. The van der Waals surface area contributed by atoms with E-state index in [2.05, 4.69) is 202 Å². The maximum absolute atomic E-state index is 6.73. The van der Waals surface area contributed by atoms with Crippen molar-refractivity contribution in [2.45, 2.75) is 0 Å². The molecule has 7 aromatic carbocycles. The predicted molar refractivity (Wildman–Crippen MR) is 232 cm³/mol. The topological polar surface area (TPSA) is 54.7 Å². The zero-order valence-electron chi connectivity index (χ0n) is 31.5. The molecule has 284 valence electrons. The average Bonchev–Trinajstić information content (AvgIpc) is 4.02. The summed E-state index contributed by atoms with van der Waals surface area (Å²) in [6.45, 7) is 0. The van der Waals surface area contributed by atoms with E-state index < -0.39 is 0 Å². The Morgan fingerprint density at radius 1 is 0.458 bits per heavy atom. The van der Waals surface area contributed by atoms with Crippen LogP contribution in [0.5, 0.6) is 11.5 Å². The van der Waals surface area contributed by atoms with Crippen molar-refractivity contribution in [3.8, 4) is 56.6 Å². The molecule has 0 atom stereocenters. The van der Waals surface area contributed by atoms with Gasteiger partial charge >= 0.3 is 294 Å². The molecule has 0 fully saturated rings. The van der Waals surface area contributed by atoms with Crippen LogP contribution >= 0.6 is 0 Å². The Labute approximate surface area is 350 Å². The van der Waals surface area contributed by atoms with E-state index in [1.807, 2.05) is 41.3 Å². The first-order valence-electron chi connectivity index (χ1n) is 19.4. The summed E-state index contributed by atoms with van der Waals surface area (Å²) in [6.07, 6.45) is 5.54. The van der Waals surface area contributed by atoms with Gasteiger partial charge in [0, 0.05) is 12.4 Å². The number of pyridine rings is 1. The molecule has 0 aliphatic rings. The van der Waals surface area contributed by atoms with Gasteiger partial charge in [0.15, 0.2) is 0 Å². The molecule has 8 heteroatoms. The number of nitrogens with zero attached hydrogens (tertiary/aromatic N) is 6. The van der Waals surface area contributed by atoms with Gasteiger partial charge in [0.05, 0.1) is 11.9 Å². The average molecular weight is 942 g/mol. The minimum absolute atomic E-state index is 0.735. The standard InChI is InChI=1S/C51H34N6O.Pt/c1-3-14-36(15-4-1)42-21-12-22-43(37-16-5-2-6-17-37)51(42)55-35-54(47-24-9-10-25-48(47)55)38-18-11-19-40(32-38)58-41-27-28-45-44-20-7-8-23-46(44)57(49(45)33-41)50-29-26-39(34-52-50)56-31-13-30-53-56;/h1-34H;. The molecule has 11 aromatic rings. The van der Waals surface area contributed by atoms with Gasteiger partial charge in [-0.2, -0.15) is 5.10 Å². The number of fused-ring (bicyclic) bond motifs is 4. The fourth-order valence-corrected chi connectivity index (χ4v) is 9.30. The second-order valence-electron chi connectivity index (χ2n) is 14.3. The molecule has 0 bridgehead atoms. The number of ether oxygens (including phenoxy) is 1. The molecule has 0 saturated heterocycles. The molecule has 0 N–H and O–H groups in total. The molecule has 0 amide bonds. The van der Waals surface area contributed by atoms with E-state index in [0.717, 1.165) is 93.3 Å². The van der Waals surface area contributed by atoms with Gasteiger partial charge in [-0.3, -0.25) is 0 Å². The van der Waals surface area contributed by atoms with Crippen molar-refractivity contribution in [2.75, 3.05) is 0 Å². The number of benzene rings is 7. The molecule has 0 radical (unpaired) electrons. The maximum atomic E-state index is 6.73. The van der Waals surface area contributed by atoms with Crippen molar-refractivity contribution in [1.29, 1.82) is 0 Å². The number of hydrogen-bond donors (Lipinski definition) is 0. The predicted octanol–water partition coefficient (Wildman–Crippen LogP) is 12.3. The first-order valence-corrected chi connectivity index (χ1v) is 20.5. The monoisotopic (exact) mass is 941 g/mol. The van der Waals surface area contributed by atoms with Gasteiger partial charge in [-0.1, -0.05) is 12.1 Å². The molecule has 0 aliphatic heterocycles. The van der Waals surface area contributed by atoms with E-state index in [1.165, 1.54) is 0 Å². The summed E-state index contributed by atoms with van der Waals surface area (Å²) < 4.78 is 16.5. The third-order valence-electron chi connectivity index (χ3n) is 10.8. The van der Waals surface area contributed by atoms with Crippen LogP contribution in [0.15, 0.2) is 207 Å². The molecule has 0 saturated carbocycles. The third-order valence-corrected chi connectivity index (χ3v) is 11.8. The summed E-state index contributed by atoms with van der Waals surface area (Å²) in [5.41, 5.74) is 12.0. The minimum atomic E-state index is 0.735. The van der Waals surface area contributed by atoms with E-state index in [4.69, 9.17) is 9.72 Å². The van der Waals surface area contributed by atoms with E-state index >= 15 is 0 Å². The van der Waals surface area contributed by atoms with Crippen LogP contribution in [0.25, 0.3) is 78.0 Å². The van der Waals surface area contributed by atoms with Gasteiger partial charge in [-0.15, -0.1) is 0 Å². The van der Waals surface area contributed by atoms with Gasteiger partial charge in [-0.05, 0) is 12.1 Å². The molecule has 11 rings (SSSR count). The number of hydrogen-bond acceptors (Lipinski definition) is 3. The normalized spacial score (nSPS) is 11.5. The van der Waals surface area contributed by atoms with E-state index in [0.29, 0.717) is 0 Å². The van der Waals surface area contributed by atoms with Crippen molar-refractivity contribution < 1.29 is 24.1 Å². The zero-order valence-corrected chi connectivity index (χ0v) is 33.8. The van der Waals surface area contributed by atoms with Crippen LogP contribution in [0.3, 0.4) is 0 Å². The SMILES string of the molecule is [Pt]=[c]1n(-c2cccc(Oc3ccc4c5ccccc5n(-c5ccc(-n6cccn6)cn5)c4c3)c2)c2ccccc2n1-c1c(-c2ccccc2)cccc1-c1ccccc1. The molecule has 0 aliphatic carbocycles. The molecule has 59 heavy (non-hydrogen) atoms. The first-order chi connectivity index (χ1) is 29.2. The van der Waals surface area contributed by atoms with Crippen LogP contribution in [-0.2, 0) is 19.4 Å². The van der Waals surface area contributed by atoms with Crippen LogP contribution in [-0.4, -0.2) is 28.5 Å². The Kier molecular flexibility index (Phi) is 8.60. The van der Waals surface area contributed by atoms with Crippen molar-refractivity contribution in [1.82, 2.24) is 28.5 Å². The molecule has 4 heterocycles. The number of aromatic nitrogens is 6. The first kappa shape index (κ1) is 34.9. The number of rotatable bonds is 8. The summed E-state index contributed by atoms with van der Waals surface area (Å²) in [4.78, 5) is 4.89. The zero-order chi connectivity index (χ0) is 39.3. The molecule has 0 spiro atoms. The Bertz CT molecular complexity index is 3310. The fraction of sp³-hybridized carbons (Fsp3) is 0. The van der Waals surface area contributed by atoms with Crippen molar-refractivity contribution in [3.05, 3.63) is 210 Å². The van der Waals surface area contributed by atoms with Crippen molar-refractivity contribution >= 4 is 32.8 Å². The van der Waals surface area contributed by atoms with E-state index in [1.54, 1.807) is 6.20 Å². The second kappa shape index (κ2) is 14.6. The Hall–Kier alpha value is -7.34. The van der Waals surface area contributed by atoms with E-state index in [-0.39, 0.29) is 0 Å². The van der Waals surface area contributed by atoms with Crippen molar-refractivity contribution in [3.63, 3.8) is 0 Å². The molecular formula is C51H34N6OPt. The Morgan fingerprint density at radius 3 is 1.80 bits per heavy atom. The Morgan fingerprint density at radius 2 is 1.10 bits per heavy atom. The summed E-state index contributed by atoms with van der Waals surface area (Å²) in [5.74, 6) is 2.29.